The normalized spacial score (nSPS) is 10.8. The minimum atomic E-state index is -0.612. The highest BCUT2D eigenvalue weighted by Crippen LogP contribution is 2.12. The summed E-state index contributed by atoms with van der Waals surface area (Å²) < 4.78 is 0. The van der Waals surface area contributed by atoms with Crippen LogP contribution < -0.4 is 11.0 Å². The maximum absolute atomic E-state index is 12.1. The number of nitrogens with zero attached hydrogens (tertiary/aromatic N) is 1. The average molecular weight is 337 g/mol. The van der Waals surface area contributed by atoms with E-state index in [2.05, 4.69) is 22.1 Å². The SMILES string of the molecule is O=C(NO)c1ccc2[nH]c(=O)c(CCCCc3ccccc3)nc2c1. The highest BCUT2D eigenvalue weighted by molar-refractivity contribution is 5.96. The van der Waals surface area contributed by atoms with E-state index >= 15 is 0 Å². The molecule has 3 rings (SSSR count). The number of hydrogen-bond acceptors (Lipinski definition) is 4. The number of amides is 1. The van der Waals surface area contributed by atoms with Crippen molar-refractivity contribution in [3.8, 4) is 0 Å². The molecule has 1 amide bonds. The first kappa shape index (κ1) is 16.9. The van der Waals surface area contributed by atoms with E-state index in [1.807, 2.05) is 18.2 Å². The number of unbranched alkanes of at least 4 members (excludes halogenated alkanes) is 1. The lowest BCUT2D eigenvalue weighted by Crippen LogP contribution is -2.19. The Morgan fingerprint density at radius 3 is 2.60 bits per heavy atom. The van der Waals surface area contributed by atoms with Crippen LogP contribution in [0.2, 0.25) is 0 Å². The summed E-state index contributed by atoms with van der Waals surface area (Å²) in [6, 6.07) is 14.9. The smallest absolute Gasteiger partial charge is 0.274 e. The molecule has 3 N–H and O–H groups in total. The van der Waals surface area contributed by atoms with E-state index in [0.717, 1.165) is 19.3 Å². The summed E-state index contributed by atoms with van der Waals surface area (Å²) in [6.07, 6.45) is 3.37. The summed E-state index contributed by atoms with van der Waals surface area (Å²) in [7, 11) is 0. The maximum atomic E-state index is 12.1. The van der Waals surface area contributed by atoms with E-state index in [-0.39, 0.29) is 11.1 Å². The summed E-state index contributed by atoms with van der Waals surface area (Å²) in [5.41, 5.74) is 4.50. The molecule has 6 nitrogen and oxygen atoms in total. The van der Waals surface area contributed by atoms with Crippen LogP contribution in [0.15, 0.2) is 53.3 Å². The zero-order valence-corrected chi connectivity index (χ0v) is 13.7. The molecule has 1 aromatic heterocycles. The molecule has 2 aromatic carbocycles. The molecular formula is C19H19N3O3. The topological polar surface area (TPSA) is 95.1 Å². The number of aromatic amines is 1. The van der Waals surface area contributed by atoms with Crippen LogP contribution >= 0.6 is 0 Å². The van der Waals surface area contributed by atoms with Gasteiger partial charge in [-0.05, 0) is 49.4 Å². The number of nitrogens with one attached hydrogen (secondary N) is 2. The highest BCUT2D eigenvalue weighted by atomic mass is 16.5. The van der Waals surface area contributed by atoms with Gasteiger partial charge >= 0.3 is 0 Å². The molecule has 0 fully saturated rings. The number of carbonyl (C=O) groups is 1. The van der Waals surface area contributed by atoms with Crippen molar-refractivity contribution in [2.24, 2.45) is 0 Å². The molecule has 1 heterocycles. The monoisotopic (exact) mass is 337 g/mol. The fraction of sp³-hybridized carbons (Fsp3) is 0.211. The number of hydroxylamine groups is 1. The molecule has 0 bridgehead atoms. The second-order valence-corrected chi connectivity index (χ2v) is 5.88. The van der Waals surface area contributed by atoms with E-state index in [4.69, 9.17) is 5.21 Å². The van der Waals surface area contributed by atoms with Gasteiger partial charge in [-0.15, -0.1) is 0 Å². The van der Waals surface area contributed by atoms with Crippen LogP contribution in [0.25, 0.3) is 11.0 Å². The number of aryl methyl sites for hydroxylation is 2. The third-order valence-corrected chi connectivity index (χ3v) is 4.10. The van der Waals surface area contributed by atoms with Crippen molar-refractivity contribution < 1.29 is 10.0 Å². The molecule has 0 atom stereocenters. The van der Waals surface area contributed by atoms with Crippen molar-refractivity contribution in [1.82, 2.24) is 15.4 Å². The van der Waals surface area contributed by atoms with Crippen LogP contribution in [0, 0.1) is 0 Å². The van der Waals surface area contributed by atoms with Gasteiger partial charge in [0.1, 0.15) is 5.69 Å². The molecule has 0 aliphatic carbocycles. The lowest BCUT2D eigenvalue weighted by Gasteiger charge is -2.05. The molecule has 0 saturated carbocycles. The molecule has 6 heteroatoms. The van der Waals surface area contributed by atoms with Gasteiger partial charge < -0.3 is 4.98 Å². The van der Waals surface area contributed by atoms with E-state index in [0.29, 0.717) is 23.1 Å². The number of rotatable bonds is 6. The summed E-state index contributed by atoms with van der Waals surface area (Å²) in [4.78, 5) is 30.8. The molecule has 128 valence electrons. The van der Waals surface area contributed by atoms with Crippen molar-refractivity contribution in [3.63, 3.8) is 0 Å². The molecule has 0 radical (unpaired) electrons. The molecule has 3 aromatic rings. The average Bonchev–Trinajstić information content (AvgIpc) is 2.65. The Morgan fingerprint density at radius 2 is 1.84 bits per heavy atom. The predicted octanol–water partition coefficient (Wildman–Crippen LogP) is 2.61. The van der Waals surface area contributed by atoms with Crippen LogP contribution in [-0.4, -0.2) is 21.1 Å². The van der Waals surface area contributed by atoms with Gasteiger partial charge in [-0.3, -0.25) is 14.8 Å². The Bertz CT molecular complexity index is 936. The second-order valence-electron chi connectivity index (χ2n) is 5.88. The Balaban J connectivity index is 1.71. The quantitative estimate of drug-likeness (QED) is 0.366. The van der Waals surface area contributed by atoms with Crippen LogP contribution in [0.4, 0.5) is 0 Å². The fourth-order valence-corrected chi connectivity index (χ4v) is 2.76. The van der Waals surface area contributed by atoms with E-state index in [1.165, 1.54) is 11.6 Å². The van der Waals surface area contributed by atoms with Crippen LogP contribution in [0.1, 0.15) is 34.5 Å². The molecule has 0 aliphatic rings. The third kappa shape index (κ3) is 4.10. The molecule has 0 unspecified atom stereocenters. The van der Waals surface area contributed by atoms with E-state index < -0.39 is 5.91 Å². The third-order valence-electron chi connectivity index (χ3n) is 4.10. The van der Waals surface area contributed by atoms with Gasteiger partial charge in [0.05, 0.1) is 11.0 Å². The Hall–Kier alpha value is -2.99. The zero-order valence-electron chi connectivity index (χ0n) is 13.7. The van der Waals surface area contributed by atoms with Gasteiger partial charge in [-0.25, -0.2) is 10.5 Å². The largest absolute Gasteiger partial charge is 0.319 e. The predicted molar refractivity (Wildman–Crippen MR) is 94.7 cm³/mol. The highest BCUT2D eigenvalue weighted by Gasteiger charge is 2.09. The number of hydrogen-bond donors (Lipinski definition) is 3. The van der Waals surface area contributed by atoms with Crippen LogP contribution in [-0.2, 0) is 12.8 Å². The zero-order chi connectivity index (χ0) is 17.6. The van der Waals surface area contributed by atoms with E-state index in [9.17, 15) is 9.59 Å². The number of benzene rings is 2. The molecule has 0 aliphatic heterocycles. The van der Waals surface area contributed by atoms with Gasteiger partial charge in [-0.1, -0.05) is 30.3 Å². The molecule has 25 heavy (non-hydrogen) atoms. The lowest BCUT2D eigenvalue weighted by atomic mass is 10.1. The Kier molecular flexibility index (Phi) is 5.20. The van der Waals surface area contributed by atoms with Gasteiger partial charge in [0.15, 0.2) is 0 Å². The van der Waals surface area contributed by atoms with Gasteiger partial charge in [0.25, 0.3) is 11.5 Å². The maximum Gasteiger partial charge on any atom is 0.274 e. The number of aromatic nitrogens is 2. The van der Waals surface area contributed by atoms with Gasteiger partial charge in [0, 0.05) is 5.56 Å². The molecular weight excluding hydrogens is 318 g/mol. The standard InChI is InChI=1S/C19H19N3O3/c23-18(22-25)14-10-11-15-17(12-14)20-16(19(24)21-15)9-5-4-8-13-6-2-1-3-7-13/h1-3,6-7,10-12,25H,4-5,8-9H2,(H,21,24)(H,22,23). The van der Waals surface area contributed by atoms with Crippen molar-refractivity contribution in [2.75, 3.05) is 0 Å². The summed E-state index contributed by atoms with van der Waals surface area (Å²) >= 11 is 0. The first-order chi connectivity index (χ1) is 12.2. The summed E-state index contributed by atoms with van der Waals surface area (Å²) in [5.74, 6) is -0.612. The number of fused-ring (bicyclic) bond motifs is 1. The molecule has 0 saturated heterocycles. The van der Waals surface area contributed by atoms with Crippen molar-refractivity contribution in [1.29, 1.82) is 0 Å². The summed E-state index contributed by atoms with van der Waals surface area (Å²) in [5, 5.41) is 8.72. The minimum Gasteiger partial charge on any atom is -0.319 e. The van der Waals surface area contributed by atoms with Gasteiger partial charge in [0.2, 0.25) is 0 Å². The molecule has 0 spiro atoms. The second kappa shape index (κ2) is 7.72. The summed E-state index contributed by atoms with van der Waals surface area (Å²) in [6.45, 7) is 0. The number of H-pyrrole nitrogens is 1. The first-order valence-electron chi connectivity index (χ1n) is 8.18. The van der Waals surface area contributed by atoms with Crippen molar-refractivity contribution >= 4 is 16.9 Å². The van der Waals surface area contributed by atoms with Gasteiger partial charge in [-0.2, -0.15) is 0 Å². The minimum absolute atomic E-state index is 0.202. The first-order valence-corrected chi connectivity index (χ1v) is 8.18. The van der Waals surface area contributed by atoms with Crippen LogP contribution in [0.5, 0.6) is 0 Å². The number of carbonyl (C=O) groups excluding carboxylic acids is 1. The van der Waals surface area contributed by atoms with Crippen molar-refractivity contribution in [2.45, 2.75) is 25.7 Å². The lowest BCUT2D eigenvalue weighted by molar-refractivity contribution is 0.0706. The van der Waals surface area contributed by atoms with Crippen LogP contribution in [0.3, 0.4) is 0 Å². The Labute approximate surface area is 144 Å². The van der Waals surface area contributed by atoms with Crippen molar-refractivity contribution in [3.05, 3.63) is 75.7 Å². The fourth-order valence-electron chi connectivity index (χ4n) is 2.76. The van der Waals surface area contributed by atoms with E-state index in [1.54, 1.807) is 17.6 Å². The Morgan fingerprint density at radius 1 is 1.08 bits per heavy atom.